The van der Waals surface area contributed by atoms with E-state index >= 15 is 0 Å². The Hall–Kier alpha value is -0.170. The van der Waals surface area contributed by atoms with Gasteiger partial charge in [-0.1, -0.05) is 13.8 Å². The van der Waals surface area contributed by atoms with E-state index in [0.29, 0.717) is 38.1 Å². The molecule has 0 aromatic carbocycles. The van der Waals surface area contributed by atoms with Crippen LogP contribution in [0.3, 0.4) is 0 Å². The Morgan fingerprint density at radius 3 is 2.60 bits per heavy atom. The van der Waals surface area contributed by atoms with Gasteiger partial charge in [-0.25, -0.2) is 0 Å². The first-order chi connectivity index (χ1) is 9.57. The van der Waals surface area contributed by atoms with E-state index in [1.807, 2.05) is 13.8 Å². The minimum absolute atomic E-state index is 0.472. The summed E-state index contributed by atoms with van der Waals surface area (Å²) in [6, 6.07) is 0.703. The molecule has 0 aromatic heterocycles. The summed E-state index contributed by atoms with van der Waals surface area (Å²) in [4.78, 5) is 0. The van der Waals surface area contributed by atoms with Gasteiger partial charge in [0.1, 0.15) is 0 Å². The van der Waals surface area contributed by atoms with E-state index < -0.39 is 10.2 Å². The van der Waals surface area contributed by atoms with Crippen LogP contribution in [0.1, 0.15) is 46.0 Å². The fourth-order valence-corrected chi connectivity index (χ4v) is 4.70. The van der Waals surface area contributed by atoms with Crippen LogP contribution >= 0.6 is 0 Å². The smallest absolute Gasteiger partial charge is 0.281 e. The normalized spacial score (nSPS) is 25.2. The third kappa shape index (κ3) is 4.16. The molecule has 1 saturated carbocycles. The molecule has 1 unspecified atom stereocenters. The summed E-state index contributed by atoms with van der Waals surface area (Å²) in [6.45, 7) is 7.47. The van der Waals surface area contributed by atoms with Gasteiger partial charge in [-0.2, -0.15) is 17.0 Å². The van der Waals surface area contributed by atoms with Crippen molar-refractivity contribution in [3.05, 3.63) is 0 Å². The van der Waals surface area contributed by atoms with Gasteiger partial charge in [-0.05, 0) is 44.6 Å². The number of hydrogen-bond donors (Lipinski definition) is 1. The van der Waals surface area contributed by atoms with Gasteiger partial charge in [-0.15, -0.1) is 0 Å². The Bertz CT molecular complexity index is 395. The number of nitrogens with zero attached hydrogens (tertiary/aromatic N) is 2. The van der Waals surface area contributed by atoms with E-state index in [4.69, 9.17) is 0 Å². The highest BCUT2D eigenvalue weighted by atomic mass is 32.2. The van der Waals surface area contributed by atoms with Gasteiger partial charge in [0.05, 0.1) is 0 Å². The van der Waals surface area contributed by atoms with E-state index in [1.54, 1.807) is 8.61 Å². The molecule has 1 aliphatic carbocycles. The maximum absolute atomic E-state index is 12.6. The van der Waals surface area contributed by atoms with Gasteiger partial charge in [0.2, 0.25) is 0 Å². The molecule has 0 aromatic rings. The van der Waals surface area contributed by atoms with Gasteiger partial charge >= 0.3 is 0 Å². The Morgan fingerprint density at radius 1 is 1.25 bits per heavy atom. The van der Waals surface area contributed by atoms with Gasteiger partial charge in [-0.3, -0.25) is 0 Å². The molecule has 1 saturated heterocycles. The molecule has 118 valence electrons. The molecule has 1 atom stereocenters. The van der Waals surface area contributed by atoms with E-state index in [1.165, 1.54) is 12.8 Å². The van der Waals surface area contributed by atoms with E-state index in [0.717, 1.165) is 25.8 Å². The zero-order valence-corrected chi connectivity index (χ0v) is 13.7. The van der Waals surface area contributed by atoms with Crippen LogP contribution in [0.4, 0.5) is 0 Å². The number of hydrogen-bond acceptors (Lipinski definition) is 3. The molecular formula is C14H29N3O2S. The molecule has 0 spiro atoms. The van der Waals surface area contributed by atoms with Crippen molar-refractivity contribution in [3.63, 3.8) is 0 Å². The summed E-state index contributed by atoms with van der Waals surface area (Å²) >= 11 is 0. The van der Waals surface area contributed by atoms with Gasteiger partial charge in [0.25, 0.3) is 10.2 Å². The standard InChI is InChI=1S/C14H29N3O2S/c1-3-9-16(4-2)20(18,19)17-10-5-6-13(12-17)11-15-14-7-8-14/h13-15H,3-12H2,1-2H3. The van der Waals surface area contributed by atoms with E-state index in [2.05, 4.69) is 5.32 Å². The first kappa shape index (κ1) is 16.2. The SMILES string of the molecule is CCCN(CC)S(=O)(=O)N1CCCC(CNC2CC2)C1. The van der Waals surface area contributed by atoms with Crippen LogP contribution in [-0.2, 0) is 10.2 Å². The van der Waals surface area contributed by atoms with Gasteiger partial charge in [0, 0.05) is 32.2 Å². The number of piperidine rings is 1. The molecule has 6 heteroatoms. The maximum atomic E-state index is 12.6. The molecule has 1 heterocycles. The lowest BCUT2D eigenvalue weighted by atomic mass is 10.00. The summed E-state index contributed by atoms with van der Waals surface area (Å²) in [7, 11) is -3.25. The molecule has 2 aliphatic rings. The van der Waals surface area contributed by atoms with Crippen molar-refractivity contribution in [3.8, 4) is 0 Å². The van der Waals surface area contributed by atoms with Crippen molar-refractivity contribution in [1.29, 1.82) is 0 Å². The summed E-state index contributed by atoms with van der Waals surface area (Å²) in [5.74, 6) is 0.472. The Morgan fingerprint density at radius 2 is 2.00 bits per heavy atom. The minimum Gasteiger partial charge on any atom is -0.314 e. The van der Waals surface area contributed by atoms with E-state index in [9.17, 15) is 8.42 Å². The average molecular weight is 303 g/mol. The summed E-state index contributed by atoms with van der Waals surface area (Å²) < 4.78 is 28.6. The van der Waals surface area contributed by atoms with Gasteiger partial charge in [0.15, 0.2) is 0 Å². The third-order valence-electron chi connectivity index (χ3n) is 4.23. The topological polar surface area (TPSA) is 52.7 Å². The third-order valence-corrected chi connectivity index (χ3v) is 6.31. The summed E-state index contributed by atoms with van der Waals surface area (Å²) in [5, 5.41) is 3.53. The lowest BCUT2D eigenvalue weighted by Gasteiger charge is -2.35. The van der Waals surface area contributed by atoms with E-state index in [-0.39, 0.29) is 0 Å². The van der Waals surface area contributed by atoms with Crippen LogP contribution in [0.15, 0.2) is 0 Å². The van der Waals surface area contributed by atoms with Crippen LogP contribution in [0, 0.1) is 5.92 Å². The monoisotopic (exact) mass is 303 g/mol. The van der Waals surface area contributed by atoms with Crippen LogP contribution in [0.25, 0.3) is 0 Å². The molecule has 5 nitrogen and oxygen atoms in total. The molecular weight excluding hydrogens is 274 g/mol. The van der Waals surface area contributed by atoms with Crippen LogP contribution in [-0.4, -0.2) is 55.8 Å². The van der Waals surface area contributed by atoms with Crippen molar-refractivity contribution >= 4 is 10.2 Å². The quantitative estimate of drug-likeness (QED) is 0.738. The predicted octanol–water partition coefficient (Wildman–Crippen LogP) is 1.43. The molecule has 0 amide bonds. The fraction of sp³-hybridized carbons (Fsp3) is 1.00. The molecule has 0 bridgehead atoms. The zero-order chi connectivity index (χ0) is 14.6. The second-order valence-electron chi connectivity index (χ2n) is 6.05. The molecule has 2 rings (SSSR count). The predicted molar refractivity (Wildman–Crippen MR) is 81.8 cm³/mol. The molecule has 20 heavy (non-hydrogen) atoms. The highest BCUT2D eigenvalue weighted by Crippen LogP contribution is 2.23. The largest absolute Gasteiger partial charge is 0.314 e. The minimum atomic E-state index is -3.25. The first-order valence-electron chi connectivity index (χ1n) is 8.06. The first-order valence-corrected chi connectivity index (χ1v) is 9.46. The molecule has 2 fully saturated rings. The number of nitrogens with one attached hydrogen (secondary N) is 1. The highest BCUT2D eigenvalue weighted by Gasteiger charge is 2.33. The highest BCUT2D eigenvalue weighted by molar-refractivity contribution is 7.86. The fourth-order valence-electron chi connectivity index (χ4n) is 2.87. The Balaban J connectivity index is 1.91. The van der Waals surface area contributed by atoms with Crippen LogP contribution in [0.5, 0.6) is 0 Å². The molecule has 1 aliphatic heterocycles. The van der Waals surface area contributed by atoms with Crippen molar-refractivity contribution in [2.45, 2.75) is 52.0 Å². The van der Waals surface area contributed by atoms with Crippen molar-refractivity contribution < 1.29 is 8.42 Å². The maximum Gasteiger partial charge on any atom is 0.281 e. The van der Waals surface area contributed by atoms with Crippen molar-refractivity contribution in [1.82, 2.24) is 13.9 Å². The second kappa shape index (κ2) is 7.20. The molecule has 0 radical (unpaired) electrons. The Labute approximate surface area is 123 Å². The zero-order valence-electron chi connectivity index (χ0n) is 12.8. The molecule has 1 N–H and O–H groups in total. The van der Waals surface area contributed by atoms with Crippen molar-refractivity contribution in [2.24, 2.45) is 5.92 Å². The van der Waals surface area contributed by atoms with Gasteiger partial charge < -0.3 is 5.32 Å². The lowest BCUT2D eigenvalue weighted by molar-refractivity contribution is 0.242. The van der Waals surface area contributed by atoms with Crippen LogP contribution < -0.4 is 5.32 Å². The number of rotatable bonds is 8. The summed E-state index contributed by atoms with van der Waals surface area (Å²) in [6.07, 6.45) is 5.57. The summed E-state index contributed by atoms with van der Waals surface area (Å²) in [5.41, 5.74) is 0. The average Bonchev–Trinajstić information content (AvgIpc) is 3.27. The van der Waals surface area contributed by atoms with Crippen molar-refractivity contribution in [2.75, 3.05) is 32.7 Å². The van der Waals surface area contributed by atoms with Crippen LogP contribution in [0.2, 0.25) is 0 Å². The Kier molecular flexibility index (Phi) is 5.84. The lowest BCUT2D eigenvalue weighted by Crippen LogP contribution is -2.49. The second-order valence-corrected chi connectivity index (χ2v) is 7.98.